The van der Waals surface area contributed by atoms with Gasteiger partial charge in [-0.05, 0) is 43.7 Å². The third-order valence-electron chi connectivity index (χ3n) is 3.05. The van der Waals surface area contributed by atoms with Crippen LogP contribution in [0, 0.1) is 5.82 Å². The molecule has 1 amide bonds. The van der Waals surface area contributed by atoms with Gasteiger partial charge in [-0.2, -0.15) is 0 Å². The van der Waals surface area contributed by atoms with Crippen LogP contribution in [0.2, 0.25) is 0 Å². The van der Waals surface area contributed by atoms with Gasteiger partial charge in [0.05, 0.1) is 18.3 Å². The second-order valence-electron chi connectivity index (χ2n) is 5.44. The van der Waals surface area contributed by atoms with E-state index >= 15 is 0 Å². The summed E-state index contributed by atoms with van der Waals surface area (Å²) in [6.07, 6.45) is 0.0321. The van der Waals surface area contributed by atoms with Gasteiger partial charge in [-0.1, -0.05) is 24.3 Å². The highest BCUT2D eigenvalue weighted by atomic mass is 19.1. The van der Waals surface area contributed by atoms with E-state index in [9.17, 15) is 9.18 Å². The van der Waals surface area contributed by atoms with Crippen LogP contribution >= 0.6 is 0 Å². The Balaban J connectivity index is 1.84. The number of para-hydroxylation sites is 2. The summed E-state index contributed by atoms with van der Waals surface area (Å²) in [4.78, 5) is 12.0. The number of halogens is 1. The van der Waals surface area contributed by atoms with Crippen molar-refractivity contribution in [3.05, 3.63) is 59.9 Å². The third kappa shape index (κ3) is 5.71. The molecule has 0 aliphatic heterocycles. The Labute approximate surface area is 135 Å². The maximum atomic E-state index is 12.8. The fraction of sp³-hybridized carbons (Fsp3) is 0.278. The van der Waals surface area contributed by atoms with Crippen LogP contribution in [0.1, 0.15) is 19.4 Å². The number of ether oxygens (including phenoxy) is 1. The van der Waals surface area contributed by atoms with E-state index in [1.54, 1.807) is 18.2 Å². The Morgan fingerprint density at radius 3 is 2.52 bits per heavy atom. The number of rotatable bonds is 7. The van der Waals surface area contributed by atoms with Crippen LogP contribution in [-0.4, -0.2) is 18.6 Å². The predicted octanol–water partition coefficient (Wildman–Crippen LogP) is 3.34. The third-order valence-corrected chi connectivity index (χ3v) is 3.05. The van der Waals surface area contributed by atoms with Gasteiger partial charge in [0, 0.05) is 6.54 Å². The average Bonchev–Trinajstić information content (AvgIpc) is 2.51. The first kappa shape index (κ1) is 17.0. The molecule has 122 valence electrons. The number of anilines is 1. The molecule has 5 heteroatoms. The summed E-state index contributed by atoms with van der Waals surface area (Å²) in [5, 5.41) is 5.85. The fourth-order valence-electron chi connectivity index (χ4n) is 2.04. The predicted molar refractivity (Wildman–Crippen MR) is 88.9 cm³/mol. The first-order chi connectivity index (χ1) is 11.0. The summed E-state index contributed by atoms with van der Waals surface area (Å²) in [7, 11) is 0. The molecule has 2 aromatic rings. The molecular formula is C18H21FN2O2. The van der Waals surface area contributed by atoms with Crippen molar-refractivity contribution in [2.75, 3.05) is 11.9 Å². The van der Waals surface area contributed by atoms with Crippen LogP contribution < -0.4 is 15.4 Å². The molecule has 0 bridgehead atoms. The van der Waals surface area contributed by atoms with Crippen molar-refractivity contribution in [2.24, 2.45) is 0 Å². The highest BCUT2D eigenvalue weighted by Crippen LogP contribution is 2.24. The number of amides is 1. The van der Waals surface area contributed by atoms with Crippen molar-refractivity contribution < 1.29 is 13.9 Å². The second-order valence-corrected chi connectivity index (χ2v) is 5.44. The van der Waals surface area contributed by atoms with Gasteiger partial charge in [0.2, 0.25) is 5.91 Å². The number of benzene rings is 2. The van der Waals surface area contributed by atoms with E-state index < -0.39 is 0 Å². The van der Waals surface area contributed by atoms with E-state index in [0.29, 0.717) is 18.0 Å². The molecule has 0 unspecified atom stereocenters. The minimum Gasteiger partial charge on any atom is -0.489 e. The number of nitrogens with one attached hydrogen (secondary N) is 2. The second kappa shape index (κ2) is 8.29. The molecule has 0 atom stereocenters. The van der Waals surface area contributed by atoms with E-state index in [1.165, 1.54) is 12.1 Å². The molecule has 0 aromatic heterocycles. The summed E-state index contributed by atoms with van der Waals surface area (Å²) in [5.74, 6) is 0.217. The van der Waals surface area contributed by atoms with Gasteiger partial charge in [-0.25, -0.2) is 4.39 Å². The summed E-state index contributed by atoms with van der Waals surface area (Å²) >= 11 is 0. The summed E-state index contributed by atoms with van der Waals surface area (Å²) in [6.45, 7) is 4.52. The lowest BCUT2D eigenvalue weighted by atomic mass is 10.2. The maximum Gasteiger partial charge on any atom is 0.238 e. The SMILES string of the molecule is CC(C)Oc1ccccc1NC(=O)CNCc1ccc(F)cc1. The largest absolute Gasteiger partial charge is 0.489 e. The summed E-state index contributed by atoms with van der Waals surface area (Å²) < 4.78 is 18.5. The Hall–Kier alpha value is -2.40. The molecule has 0 heterocycles. The van der Waals surface area contributed by atoms with E-state index in [0.717, 1.165) is 5.56 Å². The first-order valence-electron chi connectivity index (χ1n) is 7.55. The molecule has 0 saturated heterocycles. The Bertz CT molecular complexity index is 642. The fourth-order valence-corrected chi connectivity index (χ4v) is 2.04. The van der Waals surface area contributed by atoms with Crippen LogP contribution in [0.15, 0.2) is 48.5 Å². The smallest absolute Gasteiger partial charge is 0.238 e. The molecule has 0 saturated carbocycles. The maximum absolute atomic E-state index is 12.8. The molecular weight excluding hydrogens is 295 g/mol. The molecule has 2 aromatic carbocycles. The zero-order chi connectivity index (χ0) is 16.7. The highest BCUT2D eigenvalue weighted by Gasteiger charge is 2.08. The number of hydrogen-bond acceptors (Lipinski definition) is 3. The summed E-state index contributed by atoms with van der Waals surface area (Å²) in [5.41, 5.74) is 1.57. The standard InChI is InChI=1S/C18H21FN2O2/c1-13(2)23-17-6-4-3-5-16(17)21-18(22)12-20-11-14-7-9-15(19)10-8-14/h3-10,13,20H,11-12H2,1-2H3,(H,21,22). The van der Waals surface area contributed by atoms with Crippen LogP contribution in [0.3, 0.4) is 0 Å². The van der Waals surface area contributed by atoms with Crippen molar-refractivity contribution in [1.82, 2.24) is 5.32 Å². The van der Waals surface area contributed by atoms with Gasteiger partial charge in [-0.15, -0.1) is 0 Å². The molecule has 0 aliphatic carbocycles. The van der Waals surface area contributed by atoms with Crippen molar-refractivity contribution in [2.45, 2.75) is 26.5 Å². The van der Waals surface area contributed by atoms with Crippen LogP contribution in [0.5, 0.6) is 5.75 Å². The average molecular weight is 316 g/mol. The molecule has 0 radical (unpaired) electrons. The van der Waals surface area contributed by atoms with Gasteiger partial charge >= 0.3 is 0 Å². The molecule has 0 aliphatic rings. The van der Waals surface area contributed by atoms with E-state index in [-0.39, 0.29) is 24.4 Å². The molecule has 2 N–H and O–H groups in total. The van der Waals surface area contributed by atoms with Crippen molar-refractivity contribution in [1.29, 1.82) is 0 Å². The normalized spacial score (nSPS) is 10.6. The molecule has 23 heavy (non-hydrogen) atoms. The number of hydrogen-bond donors (Lipinski definition) is 2. The van der Waals surface area contributed by atoms with E-state index in [2.05, 4.69) is 10.6 Å². The lowest BCUT2D eigenvalue weighted by Crippen LogP contribution is -2.28. The summed E-state index contributed by atoms with van der Waals surface area (Å²) in [6, 6.07) is 13.5. The highest BCUT2D eigenvalue weighted by molar-refractivity contribution is 5.93. The number of carbonyl (C=O) groups is 1. The number of carbonyl (C=O) groups excluding carboxylic acids is 1. The van der Waals surface area contributed by atoms with Crippen molar-refractivity contribution in [3.8, 4) is 5.75 Å². The van der Waals surface area contributed by atoms with Gasteiger partial charge in [0.1, 0.15) is 11.6 Å². The first-order valence-corrected chi connectivity index (χ1v) is 7.55. The minimum absolute atomic E-state index is 0.0321. The Kier molecular flexibility index (Phi) is 6.11. The quantitative estimate of drug-likeness (QED) is 0.824. The van der Waals surface area contributed by atoms with Gasteiger partial charge in [0.15, 0.2) is 0 Å². The van der Waals surface area contributed by atoms with Gasteiger partial charge in [0.25, 0.3) is 0 Å². The lowest BCUT2D eigenvalue weighted by molar-refractivity contribution is -0.115. The molecule has 0 fully saturated rings. The van der Waals surface area contributed by atoms with E-state index in [1.807, 2.05) is 32.0 Å². The topological polar surface area (TPSA) is 50.4 Å². The van der Waals surface area contributed by atoms with E-state index in [4.69, 9.17) is 4.74 Å². The zero-order valence-corrected chi connectivity index (χ0v) is 13.3. The monoisotopic (exact) mass is 316 g/mol. The van der Waals surface area contributed by atoms with Crippen molar-refractivity contribution >= 4 is 11.6 Å². The van der Waals surface area contributed by atoms with Crippen LogP contribution in [-0.2, 0) is 11.3 Å². The molecule has 0 spiro atoms. The zero-order valence-electron chi connectivity index (χ0n) is 13.3. The van der Waals surface area contributed by atoms with Crippen LogP contribution in [0.25, 0.3) is 0 Å². The Morgan fingerprint density at radius 1 is 1.13 bits per heavy atom. The lowest BCUT2D eigenvalue weighted by Gasteiger charge is -2.15. The minimum atomic E-state index is -0.270. The molecule has 4 nitrogen and oxygen atoms in total. The van der Waals surface area contributed by atoms with Gasteiger partial charge in [-0.3, -0.25) is 4.79 Å². The molecule has 2 rings (SSSR count). The van der Waals surface area contributed by atoms with Crippen molar-refractivity contribution in [3.63, 3.8) is 0 Å². The van der Waals surface area contributed by atoms with Crippen LogP contribution in [0.4, 0.5) is 10.1 Å². The van der Waals surface area contributed by atoms with Gasteiger partial charge < -0.3 is 15.4 Å². The Morgan fingerprint density at radius 2 is 1.83 bits per heavy atom.